The van der Waals surface area contributed by atoms with Crippen molar-refractivity contribution in [1.82, 2.24) is 4.90 Å². The predicted octanol–water partition coefficient (Wildman–Crippen LogP) is 2.95. The molecule has 0 N–H and O–H groups in total. The number of anilines is 1. The van der Waals surface area contributed by atoms with E-state index in [0.717, 1.165) is 11.3 Å². The molecular formula is C21H23FN2O3. The van der Waals surface area contributed by atoms with Crippen molar-refractivity contribution in [2.24, 2.45) is 0 Å². The van der Waals surface area contributed by atoms with E-state index in [4.69, 9.17) is 4.74 Å². The number of hydrogen-bond acceptors (Lipinski definition) is 3. The lowest BCUT2D eigenvalue weighted by atomic mass is 10.0. The van der Waals surface area contributed by atoms with Crippen LogP contribution < -0.4 is 4.90 Å². The first kappa shape index (κ1) is 19.0. The van der Waals surface area contributed by atoms with Gasteiger partial charge in [-0.05, 0) is 30.2 Å². The van der Waals surface area contributed by atoms with Crippen molar-refractivity contribution in [2.75, 3.05) is 32.1 Å². The highest BCUT2D eigenvalue weighted by Gasteiger charge is 2.27. The van der Waals surface area contributed by atoms with Crippen molar-refractivity contribution in [2.45, 2.75) is 18.9 Å². The fraction of sp³-hybridized carbons (Fsp3) is 0.333. The third-order valence-corrected chi connectivity index (χ3v) is 4.91. The van der Waals surface area contributed by atoms with Gasteiger partial charge in [0.2, 0.25) is 11.8 Å². The van der Waals surface area contributed by atoms with E-state index < -0.39 is 0 Å². The molecule has 1 aliphatic rings. The van der Waals surface area contributed by atoms with Gasteiger partial charge in [-0.3, -0.25) is 9.59 Å². The van der Waals surface area contributed by atoms with Crippen molar-refractivity contribution in [3.8, 4) is 0 Å². The Balaban J connectivity index is 1.82. The molecule has 0 radical (unpaired) electrons. The Morgan fingerprint density at radius 2 is 1.89 bits per heavy atom. The molecular weight excluding hydrogens is 347 g/mol. The van der Waals surface area contributed by atoms with Gasteiger partial charge in [0.1, 0.15) is 12.4 Å². The molecule has 2 amide bonds. The van der Waals surface area contributed by atoms with Crippen LogP contribution in [0.2, 0.25) is 0 Å². The molecule has 2 aromatic carbocycles. The summed E-state index contributed by atoms with van der Waals surface area (Å²) in [4.78, 5) is 28.6. The molecule has 0 spiro atoms. The average molecular weight is 370 g/mol. The van der Waals surface area contributed by atoms with Crippen LogP contribution in [-0.2, 0) is 20.7 Å². The number of nitrogens with zero attached hydrogens (tertiary/aromatic N) is 2. The standard InChI is InChI=1S/C21H23FN2O3/c1-23-18-6-4-3-5-17(18)19(27-2)11-12-24(14-21(23)26)20(25)13-15-7-9-16(22)10-8-15/h3-10,19H,11-14H2,1-2H3. The Labute approximate surface area is 158 Å². The molecule has 0 aliphatic carbocycles. The van der Waals surface area contributed by atoms with Crippen molar-refractivity contribution < 1.29 is 18.7 Å². The number of methoxy groups -OCH3 is 1. The van der Waals surface area contributed by atoms with Crippen molar-refractivity contribution in [1.29, 1.82) is 0 Å². The molecule has 6 heteroatoms. The molecule has 1 atom stereocenters. The molecule has 0 aromatic heterocycles. The van der Waals surface area contributed by atoms with Crippen LogP contribution in [0.25, 0.3) is 0 Å². The van der Waals surface area contributed by atoms with Gasteiger partial charge in [-0.1, -0.05) is 30.3 Å². The van der Waals surface area contributed by atoms with E-state index in [0.29, 0.717) is 18.5 Å². The average Bonchev–Trinajstić information content (AvgIpc) is 2.73. The first-order chi connectivity index (χ1) is 13.0. The number of hydrogen-bond donors (Lipinski definition) is 0. The van der Waals surface area contributed by atoms with E-state index in [9.17, 15) is 14.0 Å². The largest absolute Gasteiger partial charge is 0.377 e. The van der Waals surface area contributed by atoms with Crippen LogP contribution in [0.1, 0.15) is 23.7 Å². The second-order valence-corrected chi connectivity index (χ2v) is 6.64. The Morgan fingerprint density at radius 1 is 1.19 bits per heavy atom. The zero-order valence-electron chi connectivity index (χ0n) is 15.5. The van der Waals surface area contributed by atoms with Crippen molar-refractivity contribution >= 4 is 17.5 Å². The molecule has 2 aromatic rings. The van der Waals surface area contributed by atoms with Gasteiger partial charge < -0.3 is 14.5 Å². The third-order valence-electron chi connectivity index (χ3n) is 4.91. The summed E-state index contributed by atoms with van der Waals surface area (Å²) in [5.41, 5.74) is 2.44. The smallest absolute Gasteiger partial charge is 0.246 e. The zero-order valence-corrected chi connectivity index (χ0v) is 15.5. The Hall–Kier alpha value is -2.73. The number of benzene rings is 2. The summed E-state index contributed by atoms with van der Waals surface area (Å²) in [6.45, 7) is 0.410. The molecule has 0 saturated heterocycles. The van der Waals surface area contributed by atoms with Gasteiger partial charge in [0.05, 0.1) is 12.5 Å². The highest BCUT2D eigenvalue weighted by atomic mass is 19.1. The lowest BCUT2D eigenvalue weighted by Gasteiger charge is -2.24. The lowest BCUT2D eigenvalue weighted by Crippen LogP contribution is -2.42. The topological polar surface area (TPSA) is 49.9 Å². The van der Waals surface area contributed by atoms with Gasteiger partial charge >= 0.3 is 0 Å². The number of rotatable bonds is 3. The molecule has 1 aliphatic heterocycles. The molecule has 5 nitrogen and oxygen atoms in total. The number of amides is 2. The monoisotopic (exact) mass is 370 g/mol. The molecule has 1 unspecified atom stereocenters. The fourth-order valence-corrected chi connectivity index (χ4v) is 3.32. The van der Waals surface area contributed by atoms with Crippen molar-refractivity contribution in [3.63, 3.8) is 0 Å². The Morgan fingerprint density at radius 3 is 2.59 bits per heavy atom. The van der Waals surface area contributed by atoms with Crippen LogP contribution in [0.3, 0.4) is 0 Å². The maximum atomic E-state index is 13.1. The second-order valence-electron chi connectivity index (χ2n) is 6.64. The lowest BCUT2D eigenvalue weighted by molar-refractivity contribution is -0.135. The van der Waals surface area contributed by atoms with E-state index in [1.54, 1.807) is 36.1 Å². The van der Waals surface area contributed by atoms with Crippen LogP contribution in [0, 0.1) is 5.82 Å². The minimum atomic E-state index is -0.341. The van der Waals surface area contributed by atoms with Gasteiger partial charge in [0.25, 0.3) is 0 Å². The summed E-state index contributed by atoms with van der Waals surface area (Å²) < 4.78 is 18.7. The summed E-state index contributed by atoms with van der Waals surface area (Å²) in [6.07, 6.45) is 0.502. The van der Waals surface area contributed by atoms with Gasteiger partial charge in [0.15, 0.2) is 0 Å². The van der Waals surface area contributed by atoms with E-state index in [1.165, 1.54) is 12.1 Å². The Kier molecular flexibility index (Phi) is 5.86. The molecule has 0 fully saturated rings. The summed E-state index contributed by atoms with van der Waals surface area (Å²) in [5, 5.41) is 0. The normalized spacial score (nSPS) is 17.7. The fourth-order valence-electron chi connectivity index (χ4n) is 3.32. The van der Waals surface area contributed by atoms with E-state index in [1.807, 2.05) is 24.3 Å². The van der Waals surface area contributed by atoms with E-state index in [-0.39, 0.29) is 36.7 Å². The van der Waals surface area contributed by atoms with Gasteiger partial charge in [-0.15, -0.1) is 0 Å². The summed E-state index contributed by atoms with van der Waals surface area (Å²) >= 11 is 0. The van der Waals surface area contributed by atoms with E-state index in [2.05, 4.69) is 0 Å². The Bertz CT molecular complexity index is 822. The number of fused-ring (bicyclic) bond motifs is 1. The van der Waals surface area contributed by atoms with Crippen LogP contribution in [-0.4, -0.2) is 44.0 Å². The van der Waals surface area contributed by atoms with Crippen LogP contribution in [0.15, 0.2) is 48.5 Å². The van der Waals surface area contributed by atoms with E-state index >= 15 is 0 Å². The van der Waals surface area contributed by atoms with Crippen LogP contribution in [0.4, 0.5) is 10.1 Å². The van der Waals surface area contributed by atoms with Gasteiger partial charge in [0, 0.05) is 32.0 Å². The minimum Gasteiger partial charge on any atom is -0.377 e. The van der Waals surface area contributed by atoms with Gasteiger partial charge in [-0.2, -0.15) is 0 Å². The first-order valence-corrected chi connectivity index (χ1v) is 8.90. The number of para-hydroxylation sites is 1. The zero-order chi connectivity index (χ0) is 19.4. The highest BCUT2D eigenvalue weighted by Crippen LogP contribution is 2.31. The molecule has 142 valence electrons. The summed E-state index contributed by atoms with van der Waals surface area (Å²) in [7, 11) is 3.34. The molecule has 27 heavy (non-hydrogen) atoms. The van der Waals surface area contributed by atoms with Crippen molar-refractivity contribution in [3.05, 3.63) is 65.5 Å². The van der Waals surface area contributed by atoms with Crippen LogP contribution >= 0.6 is 0 Å². The molecule has 3 rings (SSSR count). The molecule has 1 heterocycles. The molecule has 0 saturated carbocycles. The maximum absolute atomic E-state index is 13.1. The number of likely N-dealkylation sites (N-methyl/N-ethyl adjacent to an activating group) is 1. The quantitative estimate of drug-likeness (QED) is 0.835. The summed E-state index contributed by atoms with van der Waals surface area (Å²) in [6, 6.07) is 13.5. The number of carbonyl (C=O) groups is 2. The third kappa shape index (κ3) is 4.34. The van der Waals surface area contributed by atoms with Gasteiger partial charge in [-0.25, -0.2) is 4.39 Å². The first-order valence-electron chi connectivity index (χ1n) is 8.90. The number of ether oxygens (including phenoxy) is 1. The predicted molar refractivity (Wildman–Crippen MR) is 101 cm³/mol. The second kappa shape index (κ2) is 8.31. The highest BCUT2D eigenvalue weighted by molar-refractivity contribution is 5.97. The summed E-state index contributed by atoms with van der Waals surface area (Å²) in [5.74, 6) is -0.665. The SMILES string of the molecule is COC1CCN(C(=O)Cc2ccc(F)cc2)CC(=O)N(C)c2ccccc21. The number of halogens is 1. The maximum Gasteiger partial charge on any atom is 0.246 e. The number of carbonyl (C=O) groups excluding carboxylic acids is 2. The van der Waals surface area contributed by atoms with Crippen LogP contribution in [0.5, 0.6) is 0 Å². The molecule has 0 bridgehead atoms. The minimum absolute atomic E-state index is 0.00129.